The van der Waals surface area contributed by atoms with Crippen LogP contribution in [0.3, 0.4) is 0 Å². The third-order valence-electron chi connectivity index (χ3n) is 3.07. The summed E-state index contributed by atoms with van der Waals surface area (Å²) in [7, 11) is 0. The second-order valence-corrected chi connectivity index (χ2v) is 4.87. The summed E-state index contributed by atoms with van der Waals surface area (Å²) in [5.74, 6) is -0.0162. The van der Waals surface area contributed by atoms with Crippen LogP contribution >= 0.6 is 0 Å². The number of aliphatic hydroxyl groups excluding tert-OH is 2. The maximum atomic E-state index is 12.0. The zero-order valence-electron chi connectivity index (χ0n) is 11.4. The SMILES string of the molecule is CC(C)N1C(O)C=C(NC(=O)c2ccccc2)NC1O. The summed E-state index contributed by atoms with van der Waals surface area (Å²) < 4.78 is 0. The van der Waals surface area contributed by atoms with Gasteiger partial charge in [0, 0.05) is 11.6 Å². The summed E-state index contributed by atoms with van der Waals surface area (Å²) in [6, 6.07) is 8.68. The summed E-state index contributed by atoms with van der Waals surface area (Å²) >= 11 is 0. The highest BCUT2D eigenvalue weighted by molar-refractivity contribution is 5.95. The number of rotatable bonds is 3. The fourth-order valence-electron chi connectivity index (χ4n) is 2.09. The van der Waals surface area contributed by atoms with Crippen LogP contribution in [-0.2, 0) is 0 Å². The zero-order valence-corrected chi connectivity index (χ0v) is 11.4. The molecule has 108 valence electrons. The maximum Gasteiger partial charge on any atom is 0.256 e. The first kappa shape index (κ1) is 14.5. The van der Waals surface area contributed by atoms with Crippen LogP contribution in [0.25, 0.3) is 0 Å². The molecule has 4 N–H and O–H groups in total. The minimum atomic E-state index is -1.05. The molecular formula is C14H19N3O3. The highest BCUT2D eigenvalue weighted by atomic mass is 16.3. The summed E-state index contributed by atoms with van der Waals surface area (Å²) in [4.78, 5) is 13.4. The largest absolute Gasteiger partial charge is 0.374 e. The van der Waals surface area contributed by atoms with E-state index in [0.717, 1.165) is 0 Å². The van der Waals surface area contributed by atoms with E-state index in [2.05, 4.69) is 10.6 Å². The Bertz CT molecular complexity index is 502. The molecule has 0 radical (unpaired) electrons. The Hall–Kier alpha value is -1.89. The normalized spacial score (nSPS) is 23.1. The molecule has 0 aromatic heterocycles. The second-order valence-electron chi connectivity index (χ2n) is 4.87. The molecule has 2 atom stereocenters. The van der Waals surface area contributed by atoms with Gasteiger partial charge in [-0.1, -0.05) is 18.2 Å². The molecule has 0 saturated carbocycles. The first-order valence-electron chi connectivity index (χ1n) is 6.47. The molecule has 0 bridgehead atoms. The van der Waals surface area contributed by atoms with Gasteiger partial charge in [0.05, 0.1) is 0 Å². The standard InChI is InChI=1S/C14H19N3O3/c1-9(2)17-12(18)8-11(16-14(17)20)15-13(19)10-6-4-3-5-7-10/h3-9,12,14,16,18,20H,1-2H3,(H,15,19). The highest BCUT2D eigenvalue weighted by Gasteiger charge is 2.30. The number of carbonyl (C=O) groups excluding carboxylic acids is 1. The van der Waals surface area contributed by atoms with Crippen LogP contribution in [0.2, 0.25) is 0 Å². The number of carbonyl (C=O) groups is 1. The molecule has 1 aromatic carbocycles. The third kappa shape index (κ3) is 3.16. The van der Waals surface area contributed by atoms with E-state index in [0.29, 0.717) is 5.56 Å². The van der Waals surface area contributed by atoms with E-state index in [1.54, 1.807) is 24.3 Å². The Morgan fingerprint density at radius 3 is 2.50 bits per heavy atom. The van der Waals surface area contributed by atoms with Gasteiger partial charge in [0.2, 0.25) is 0 Å². The Labute approximate surface area is 117 Å². The molecule has 0 saturated heterocycles. The van der Waals surface area contributed by atoms with Crippen molar-refractivity contribution in [3.8, 4) is 0 Å². The van der Waals surface area contributed by atoms with Crippen molar-refractivity contribution in [1.82, 2.24) is 15.5 Å². The summed E-state index contributed by atoms with van der Waals surface area (Å²) in [5, 5.41) is 25.2. The van der Waals surface area contributed by atoms with Crippen LogP contribution < -0.4 is 10.6 Å². The quantitative estimate of drug-likeness (QED) is 0.633. The van der Waals surface area contributed by atoms with Gasteiger partial charge in [0.15, 0.2) is 6.35 Å². The molecule has 0 fully saturated rings. The topological polar surface area (TPSA) is 84.8 Å². The van der Waals surface area contributed by atoms with E-state index in [1.165, 1.54) is 11.0 Å². The van der Waals surface area contributed by atoms with Crippen LogP contribution in [0, 0.1) is 0 Å². The predicted molar refractivity (Wildman–Crippen MR) is 74.1 cm³/mol. The van der Waals surface area contributed by atoms with Crippen molar-refractivity contribution in [2.24, 2.45) is 0 Å². The maximum absolute atomic E-state index is 12.0. The lowest BCUT2D eigenvalue weighted by molar-refractivity contribution is -0.119. The number of hydrogen-bond donors (Lipinski definition) is 4. The van der Waals surface area contributed by atoms with Gasteiger partial charge >= 0.3 is 0 Å². The van der Waals surface area contributed by atoms with Gasteiger partial charge in [-0.05, 0) is 32.1 Å². The van der Waals surface area contributed by atoms with E-state index >= 15 is 0 Å². The van der Waals surface area contributed by atoms with Crippen molar-refractivity contribution < 1.29 is 15.0 Å². The van der Waals surface area contributed by atoms with Crippen LogP contribution in [0.1, 0.15) is 24.2 Å². The molecule has 1 aliphatic rings. The van der Waals surface area contributed by atoms with E-state index in [1.807, 2.05) is 19.9 Å². The number of benzene rings is 1. The Balaban J connectivity index is 2.08. The summed E-state index contributed by atoms with van der Waals surface area (Å²) in [6.45, 7) is 3.71. The minimum absolute atomic E-state index is 0.0462. The average Bonchev–Trinajstić information content (AvgIpc) is 2.38. The van der Waals surface area contributed by atoms with Crippen LogP contribution in [0.5, 0.6) is 0 Å². The first-order chi connectivity index (χ1) is 9.49. The van der Waals surface area contributed by atoms with Gasteiger partial charge in [-0.25, -0.2) is 4.90 Å². The molecule has 6 nitrogen and oxygen atoms in total. The van der Waals surface area contributed by atoms with Gasteiger partial charge in [0.1, 0.15) is 12.0 Å². The molecule has 0 spiro atoms. The number of nitrogens with zero attached hydrogens (tertiary/aromatic N) is 1. The molecule has 6 heteroatoms. The van der Waals surface area contributed by atoms with Gasteiger partial charge in [-0.2, -0.15) is 0 Å². The Morgan fingerprint density at radius 2 is 1.95 bits per heavy atom. The van der Waals surface area contributed by atoms with E-state index in [9.17, 15) is 15.0 Å². The molecule has 20 heavy (non-hydrogen) atoms. The lowest BCUT2D eigenvalue weighted by Crippen LogP contribution is -2.58. The molecule has 2 rings (SSSR count). The fraction of sp³-hybridized carbons (Fsp3) is 0.357. The molecule has 2 unspecified atom stereocenters. The fourth-order valence-corrected chi connectivity index (χ4v) is 2.09. The number of hydrogen-bond acceptors (Lipinski definition) is 5. The molecule has 1 amide bonds. The molecule has 1 aliphatic heterocycles. The minimum Gasteiger partial charge on any atom is -0.374 e. The Kier molecular flexibility index (Phi) is 4.39. The molecular weight excluding hydrogens is 258 g/mol. The third-order valence-corrected chi connectivity index (χ3v) is 3.07. The van der Waals surface area contributed by atoms with Crippen LogP contribution in [0.15, 0.2) is 42.2 Å². The second kappa shape index (κ2) is 6.04. The van der Waals surface area contributed by atoms with Gasteiger partial charge in [0.25, 0.3) is 5.91 Å². The van der Waals surface area contributed by atoms with Crippen LogP contribution in [0.4, 0.5) is 0 Å². The van der Waals surface area contributed by atoms with E-state index < -0.39 is 12.6 Å². The smallest absolute Gasteiger partial charge is 0.256 e. The van der Waals surface area contributed by atoms with Gasteiger partial charge in [-0.3, -0.25) is 4.79 Å². The predicted octanol–water partition coefficient (Wildman–Crippen LogP) is 0.166. The number of aliphatic hydroxyl groups is 2. The average molecular weight is 277 g/mol. The monoisotopic (exact) mass is 277 g/mol. The summed E-state index contributed by atoms with van der Waals surface area (Å²) in [5.41, 5.74) is 0.505. The van der Waals surface area contributed by atoms with E-state index in [4.69, 9.17) is 0 Å². The lowest BCUT2D eigenvalue weighted by Gasteiger charge is -2.38. The van der Waals surface area contributed by atoms with Crippen molar-refractivity contribution in [1.29, 1.82) is 0 Å². The van der Waals surface area contributed by atoms with Crippen molar-refractivity contribution in [2.75, 3.05) is 0 Å². The van der Waals surface area contributed by atoms with Crippen molar-refractivity contribution in [3.05, 3.63) is 47.8 Å². The van der Waals surface area contributed by atoms with Crippen molar-refractivity contribution >= 4 is 5.91 Å². The lowest BCUT2D eigenvalue weighted by atomic mass is 10.2. The van der Waals surface area contributed by atoms with E-state index in [-0.39, 0.29) is 17.8 Å². The first-order valence-corrected chi connectivity index (χ1v) is 6.47. The van der Waals surface area contributed by atoms with Crippen molar-refractivity contribution in [2.45, 2.75) is 32.5 Å². The zero-order chi connectivity index (χ0) is 14.7. The van der Waals surface area contributed by atoms with Crippen LogP contribution in [-0.4, -0.2) is 39.6 Å². The number of amides is 1. The number of nitrogens with one attached hydrogen (secondary N) is 2. The highest BCUT2D eigenvalue weighted by Crippen LogP contribution is 2.13. The van der Waals surface area contributed by atoms with Gasteiger partial charge < -0.3 is 20.8 Å². The molecule has 0 aliphatic carbocycles. The Morgan fingerprint density at radius 1 is 1.30 bits per heavy atom. The molecule has 1 heterocycles. The van der Waals surface area contributed by atoms with Gasteiger partial charge in [-0.15, -0.1) is 0 Å². The summed E-state index contributed by atoms with van der Waals surface area (Å²) in [6.07, 6.45) is -0.563. The molecule has 1 aromatic rings. The van der Waals surface area contributed by atoms with Crippen molar-refractivity contribution in [3.63, 3.8) is 0 Å².